The number of hydrogen-bond donors (Lipinski definition) is 3. The van der Waals surface area contributed by atoms with E-state index in [2.05, 4.69) is 31.0 Å². The molecule has 0 aromatic carbocycles. The molecule has 0 bridgehead atoms. The summed E-state index contributed by atoms with van der Waals surface area (Å²) in [7, 11) is 2.95. The molecule has 4 heterocycles. The fourth-order valence-corrected chi connectivity index (χ4v) is 6.07. The van der Waals surface area contributed by atoms with Crippen molar-refractivity contribution in [3.05, 3.63) is 22.3 Å². The number of aryl methyl sites for hydroxylation is 1. The number of carboxylic acid groups (broad SMARTS) is 1. The van der Waals surface area contributed by atoms with Crippen LogP contribution in [0.5, 0.6) is 0 Å². The molecule has 4 N–H and O–H groups in total. The fraction of sp³-hybridized carbons (Fsp3) is 0.375. The van der Waals surface area contributed by atoms with Crippen molar-refractivity contribution in [3.8, 4) is 0 Å². The maximum atomic E-state index is 12.9. The Hall–Kier alpha value is -2.18. The summed E-state index contributed by atoms with van der Waals surface area (Å²) in [5.41, 5.74) is 6.17. The van der Waals surface area contributed by atoms with Crippen molar-refractivity contribution in [2.75, 3.05) is 24.3 Å². The summed E-state index contributed by atoms with van der Waals surface area (Å²) in [6.45, 7) is 0. The maximum absolute atomic E-state index is 12.9. The Balaban J connectivity index is 0.00000216. The van der Waals surface area contributed by atoms with Crippen LogP contribution in [-0.2, 0) is 26.3 Å². The third-order valence-electron chi connectivity index (χ3n) is 4.66. The first-order valence-corrected chi connectivity index (χ1v) is 12.1. The molecule has 14 nitrogen and oxygen atoms in total. The first-order chi connectivity index (χ1) is 15.8. The van der Waals surface area contributed by atoms with Crippen LogP contribution in [0.3, 0.4) is 0 Å². The van der Waals surface area contributed by atoms with Crippen molar-refractivity contribution in [3.63, 3.8) is 0 Å². The first-order valence-electron chi connectivity index (χ1n) is 9.20. The van der Waals surface area contributed by atoms with E-state index in [-0.39, 0.29) is 53.2 Å². The summed E-state index contributed by atoms with van der Waals surface area (Å²) in [6, 6.07) is -0.924. The second-order valence-electron chi connectivity index (χ2n) is 6.69. The average molecular weight is 536 g/mol. The summed E-state index contributed by atoms with van der Waals surface area (Å²) < 4.78 is 1.47. The molecule has 2 aliphatic rings. The molecule has 4 rings (SSSR count). The molecule has 0 unspecified atom stereocenters. The summed E-state index contributed by atoms with van der Waals surface area (Å²) in [4.78, 5) is 47.6. The Labute approximate surface area is 228 Å². The second kappa shape index (κ2) is 11.0. The van der Waals surface area contributed by atoms with Crippen LogP contribution in [0, 0.1) is 0 Å². The van der Waals surface area contributed by atoms with Gasteiger partial charge in [0.15, 0.2) is 10.8 Å². The molecule has 1 saturated heterocycles. The topological polar surface area (TPSA) is 191 Å². The number of nitrogens with two attached hydrogens (primary N) is 1. The molecule has 2 aromatic heterocycles. The van der Waals surface area contributed by atoms with E-state index in [9.17, 15) is 19.5 Å². The van der Waals surface area contributed by atoms with Crippen molar-refractivity contribution in [1.29, 1.82) is 0 Å². The Morgan fingerprint density at radius 3 is 2.85 bits per heavy atom. The van der Waals surface area contributed by atoms with Crippen LogP contribution in [0.25, 0.3) is 0 Å². The number of oxime groups is 1. The van der Waals surface area contributed by atoms with E-state index in [0.717, 1.165) is 11.3 Å². The molecule has 0 spiro atoms. The molecule has 2 atom stereocenters. The van der Waals surface area contributed by atoms with Gasteiger partial charge in [0.25, 0.3) is 11.8 Å². The van der Waals surface area contributed by atoms with Gasteiger partial charge in [-0.15, -0.1) is 28.2 Å². The number of rotatable bonds is 8. The van der Waals surface area contributed by atoms with Crippen molar-refractivity contribution in [2.24, 2.45) is 12.2 Å². The molecule has 0 aliphatic carbocycles. The Bertz CT molecular complexity index is 1190. The van der Waals surface area contributed by atoms with Crippen molar-refractivity contribution >= 4 is 63.5 Å². The van der Waals surface area contributed by atoms with E-state index >= 15 is 0 Å². The SMILES string of the molecule is CON=C(C(=O)N[C@@H]1C(=O)N2C(C(=O)O)=C(CSc3nnnn3C)CS[C@H]12)c1csc(N)n1.[H-].[Na+]. The quantitative estimate of drug-likeness (QED) is 0.0985. The number of carboxylic acids is 1. The van der Waals surface area contributed by atoms with Crippen molar-refractivity contribution in [1.82, 2.24) is 35.4 Å². The Kier molecular flexibility index (Phi) is 8.58. The predicted molar refractivity (Wildman–Crippen MR) is 120 cm³/mol. The van der Waals surface area contributed by atoms with Gasteiger partial charge in [-0.05, 0) is 16.0 Å². The van der Waals surface area contributed by atoms with Crippen LogP contribution < -0.4 is 40.6 Å². The molecule has 34 heavy (non-hydrogen) atoms. The summed E-state index contributed by atoms with van der Waals surface area (Å²) in [5, 5.41) is 29.0. The molecule has 18 heteroatoms. The monoisotopic (exact) mass is 535 g/mol. The molecule has 0 radical (unpaired) electrons. The molecule has 2 amide bonds. The smallest absolute Gasteiger partial charge is 1.00 e. The zero-order chi connectivity index (χ0) is 23.7. The number of aromatic nitrogens is 5. The number of fused-ring (bicyclic) bond motifs is 1. The number of thiazole rings is 1. The molecule has 1 fully saturated rings. The standard InChI is InChI=1S/C16H17N9O5S3.Na.H/c1-24-16(20-22-23-24)33-4-6-3-31-13-9(12(27)25(13)10(6)14(28)29)19-11(26)8(21-30-2)7-5-32-15(17)18-7;;/h5,9,13H,3-4H2,1-2H3,(H2,17,18)(H,19,26)(H,28,29);;/q;+1;-1/t9-,13-;;/m1../s1. The maximum Gasteiger partial charge on any atom is 1.00 e. The number of carbonyl (C=O) groups excluding carboxylic acids is 2. The van der Waals surface area contributed by atoms with Crippen LogP contribution in [0.1, 0.15) is 7.12 Å². The van der Waals surface area contributed by atoms with Crippen LogP contribution in [0.15, 0.2) is 27.0 Å². The van der Waals surface area contributed by atoms with E-state index in [1.807, 2.05) is 0 Å². The third kappa shape index (κ3) is 5.08. The van der Waals surface area contributed by atoms with E-state index in [1.165, 1.54) is 40.2 Å². The van der Waals surface area contributed by atoms with E-state index in [0.29, 0.717) is 22.2 Å². The number of nitrogens with zero attached hydrogens (tertiary/aromatic N) is 7. The number of β-lactam (4-membered cyclic amide) rings is 1. The van der Waals surface area contributed by atoms with Gasteiger partial charge in [-0.3, -0.25) is 14.5 Å². The molecular weight excluding hydrogens is 517 g/mol. The zero-order valence-electron chi connectivity index (χ0n) is 19.2. The number of hydrogen-bond acceptors (Lipinski definition) is 13. The van der Waals surface area contributed by atoms with Gasteiger partial charge in [0.1, 0.15) is 29.9 Å². The van der Waals surface area contributed by atoms with Gasteiger partial charge >= 0.3 is 35.5 Å². The van der Waals surface area contributed by atoms with Crippen LogP contribution in [0.2, 0.25) is 0 Å². The van der Waals surface area contributed by atoms with Crippen LogP contribution in [0.4, 0.5) is 5.13 Å². The largest absolute Gasteiger partial charge is 1.00 e. The van der Waals surface area contributed by atoms with Crippen LogP contribution >= 0.6 is 34.9 Å². The number of amides is 2. The number of thioether (sulfide) groups is 2. The van der Waals surface area contributed by atoms with Gasteiger partial charge in [0.2, 0.25) is 5.16 Å². The van der Waals surface area contributed by atoms with Gasteiger partial charge in [-0.2, -0.15) is 0 Å². The molecular formula is C16H18N9NaO5S3. The Morgan fingerprint density at radius 1 is 1.50 bits per heavy atom. The number of aliphatic carboxylic acids is 1. The second-order valence-corrected chi connectivity index (χ2v) is 9.62. The minimum atomic E-state index is -1.22. The number of tetrazole rings is 1. The molecule has 2 aliphatic heterocycles. The average Bonchev–Trinajstić information content (AvgIpc) is 3.40. The minimum Gasteiger partial charge on any atom is -1.00 e. The Morgan fingerprint density at radius 2 is 2.26 bits per heavy atom. The first kappa shape index (κ1) is 26.4. The number of nitrogens with one attached hydrogen (secondary N) is 1. The van der Waals surface area contributed by atoms with E-state index in [1.54, 1.807) is 12.4 Å². The summed E-state index contributed by atoms with van der Waals surface area (Å²) >= 11 is 3.75. The molecule has 0 saturated carbocycles. The van der Waals surface area contributed by atoms with Gasteiger partial charge < -0.3 is 22.4 Å². The van der Waals surface area contributed by atoms with E-state index in [4.69, 9.17) is 10.6 Å². The van der Waals surface area contributed by atoms with Gasteiger partial charge in [-0.1, -0.05) is 16.9 Å². The molecule has 176 valence electrons. The fourth-order valence-electron chi connectivity index (χ4n) is 3.19. The summed E-state index contributed by atoms with van der Waals surface area (Å²) in [6.07, 6.45) is 0. The van der Waals surface area contributed by atoms with Gasteiger partial charge in [-0.25, -0.2) is 14.5 Å². The van der Waals surface area contributed by atoms with E-state index < -0.39 is 29.2 Å². The normalized spacial score (nSPS) is 19.8. The number of carbonyl (C=O) groups is 3. The number of anilines is 1. The zero-order valence-corrected chi connectivity index (χ0v) is 22.6. The van der Waals surface area contributed by atoms with Crippen molar-refractivity contribution in [2.45, 2.75) is 16.6 Å². The van der Waals surface area contributed by atoms with Gasteiger partial charge in [0, 0.05) is 23.9 Å². The summed E-state index contributed by atoms with van der Waals surface area (Å²) in [5.74, 6) is -1.77. The predicted octanol–water partition coefficient (Wildman–Crippen LogP) is -3.75. The van der Waals surface area contributed by atoms with Crippen LogP contribution in [-0.4, -0.2) is 88.7 Å². The third-order valence-corrected chi connectivity index (χ3v) is 7.77. The molecule has 2 aromatic rings. The van der Waals surface area contributed by atoms with Gasteiger partial charge in [0.05, 0.1) is 0 Å². The minimum absolute atomic E-state index is 0. The number of nitrogen functional groups attached to an aromatic ring is 1. The van der Waals surface area contributed by atoms with Crippen molar-refractivity contribution < 1.29 is 55.3 Å².